The Morgan fingerprint density at radius 3 is 2.03 bits per heavy atom. The maximum Gasteiger partial charge on any atom is -0.0635 e. The molecule has 0 N–H and O–H groups in total. The molecule has 0 nitrogen and oxygen atoms in total. The van der Waals surface area contributed by atoms with E-state index in [1.165, 1.54) is 57.0 Å². The zero-order valence-electron chi connectivity index (χ0n) is 18.5. The monoisotopic (exact) mass is 602 g/mol. The Balaban J connectivity index is 0.000000194. The van der Waals surface area contributed by atoms with Gasteiger partial charge in [0.2, 0.25) is 0 Å². The fraction of sp³-hybridized carbons (Fsp3) is 0.259. The van der Waals surface area contributed by atoms with Crippen LogP contribution in [-0.4, -0.2) is 0 Å². The van der Waals surface area contributed by atoms with Crippen molar-refractivity contribution >= 4 is 35.2 Å². The quantitative estimate of drug-likeness (QED) is 0.204. The fourth-order valence-corrected chi connectivity index (χ4v) is 3.87. The van der Waals surface area contributed by atoms with Crippen molar-refractivity contribution in [1.29, 1.82) is 0 Å². The molecule has 156 valence electrons. The third kappa shape index (κ3) is 6.62. The van der Waals surface area contributed by atoms with Crippen LogP contribution >= 0.6 is 24.4 Å². The van der Waals surface area contributed by atoms with E-state index in [1.54, 1.807) is 5.56 Å². The van der Waals surface area contributed by atoms with Crippen LogP contribution in [0.5, 0.6) is 0 Å². The summed E-state index contributed by atoms with van der Waals surface area (Å²) in [6.07, 6.45) is 2.50. The minimum Gasteiger partial charge on any atom is -0.145 e. The molecule has 0 aliphatic rings. The minimum absolute atomic E-state index is 0.145. The van der Waals surface area contributed by atoms with Crippen molar-refractivity contribution in [3.8, 4) is 11.1 Å². The predicted octanol–water partition coefficient (Wildman–Crippen LogP) is 9.51. The maximum absolute atomic E-state index is 3.23. The minimum atomic E-state index is -0.145. The summed E-state index contributed by atoms with van der Waals surface area (Å²) in [5.74, 6) is 0. The largest absolute Gasteiger partial charge is 0.145 e. The molecule has 3 heteroatoms. The molecule has 0 unspecified atom stereocenters. The van der Waals surface area contributed by atoms with Crippen LogP contribution in [0.15, 0.2) is 66.7 Å². The first kappa shape index (κ1) is 25.5. The van der Waals surface area contributed by atoms with E-state index in [1.807, 2.05) is 6.07 Å². The molecule has 0 spiro atoms. The van der Waals surface area contributed by atoms with E-state index in [0.29, 0.717) is 0 Å². The molecule has 0 bridgehead atoms. The number of hydrogen-bond donors (Lipinski definition) is 0. The van der Waals surface area contributed by atoms with Gasteiger partial charge in [0.05, 0.1) is 0 Å². The molecule has 4 aromatic rings. The molecule has 0 aromatic heterocycles. The van der Waals surface area contributed by atoms with Gasteiger partial charge in [0.1, 0.15) is 0 Å². The van der Waals surface area contributed by atoms with Gasteiger partial charge in [-0.15, -0.1) is 34.5 Å². The Labute approximate surface area is 205 Å². The van der Waals surface area contributed by atoms with Crippen LogP contribution in [0, 0.1) is 27.7 Å². The van der Waals surface area contributed by atoms with Gasteiger partial charge >= 0.3 is 43.0 Å². The van der Waals surface area contributed by atoms with Crippen LogP contribution in [0.4, 0.5) is 0 Å². The van der Waals surface area contributed by atoms with Crippen LogP contribution in [0.2, 0.25) is 0 Å². The molecule has 0 heterocycles. The summed E-state index contributed by atoms with van der Waals surface area (Å²) in [4.78, 5) is 0. The Morgan fingerprint density at radius 1 is 0.900 bits per heavy atom. The van der Waals surface area contributed by atoms with Crippen molar-refractivity contribution in [1.82, 2.24) is 0 Å². The molecule has 0 atom stereocenters. The van der Waals surface area contributed by atoms with E-state index in [-0.39, 0.29) is 18.5 Å². The Hall–Kier alpha value is -0.757. The molecule has 0 fully saturated rings. The van der Waals surface area contributed by atoms with Crippen molar-refractivity contribution in [2.45, 2.75) is 47.5 Å². The van der Waals surface area contributed by atoms with Gasteiger partial charge in [-0.05, 0) is 0 Å². The molecule has 4 aromatic carbocycles. The molecule has 0 amide bonds. The van der Waals surface area contributed by atoms with Crippen molar-refractivity contribution in [3.05, 3.63) is 94.5 Å². The zero-order chi connectivity index (χ0) is 22.1. The number of fused-ring (bicyclic) bond motifs is 1. The van der Waals surface area contributed by atoms with Crippen molar-refractivity contribution in [2.24, 2.45) is 0 Å². The second-order valence-electron chi connectivity index (χ2n) is 7.54. The van der Waals surface area contributed by atoms with Gasteiger partial charge in [-0.3, -0.25) is 0 Å². The van der Waals surface area contributed by atoms with Crippen molar-refractivity contribution in [2.75, 3.05) is 0 Å². The summed E-state index contributed by atoms with van der Waals surface area (Å²) in [6, 6.07) is 23.4. The van der Waals surface area contributed by atoms with E-state index in [2.05, 4.69) is 120 Å². The average Bonchev–Trinajstić information content (AvgIpc) is 3.28. The second-order valence-corrected chi connectivity index (χ2v) is 18.9. The molecule has 0 saturated carbocycles. The maximum atomic E-state index is 3.23. The molecule has 0 saturated heterocycles. The number of benzene rings is 2. The summed E-state index contributed by atoms with van der Waals surface area (Å²) >= 11 is 6.32. The van der Waals surface area contributed by atoms with Crippen molar-refractivity contribution in [3.63, 3.8) is 0 Å². The first-order valence-electron chi connectivity index (χ1n) is 10.3. The SMILES string of the molecule is CCCc1c(C)c(C)c(C)[c-]1C.[Br][Zr+2][Br].c1ccc(-c2cc3ccccc3[cH-]2)cc1. The van der Waals surface area contributed by atoms with E-state index in [9.17, 15) is 0 Å². The van der Waals surface area contributed by atoms with Crippen LogP contribution < -0.4 is 0 Å². The van der Waals surface area contributed by atoms with E-state index < -0.39 is 0 Å². The Bertz CT molecular complexity index is 983. The summed E-state index contributed by atoms with van der Waals surface area (Å²) < 4.78 is 0. The Morgan fingerprint density at radius 2 is 1.50 bits per heavy atom. The normalized spacial score (nSPS) is 9.97. The van der Waals surface area contributed by atoms with Gasteiger partial charge in [-0.1, -0.05) is 102 Å². The molecule has 0 aliphatic heterocycles. The van der Waals surface area contributed by atoms with Gasteiger partial charge in [0.15, 0.2) is 0 Å². The summed E-state index contributed by atoms with van der Waals surface area (Å²) in [5, 5.41) is 2.63. The zero-order valence-corrected chi connectivity index (χ0v) is 24.2. The van der Waals surface area contributed by atoms with E-state index in [0.717, 1.165) is 0 Å². The number of rotatable bonds is 3. The van der Waals surface area contributed by atoms with Crippen LogP contribution in [-0.2, 0) is 25.0 Å². The van der Waals surface area contributed by atoms with Gasteiger partial charge in [0.25, 0.3) is 0 Å². The summed E-state index contributed by atoms with van der Waals surface area (Å²) in [7, 11) is 0. The van der Waals surface area contributed by atoms with Gasteiger partial charge in [-0.2, -0.15) is 27.8 Å². The molecule has 0 aliphatic carbocycles. The van der Waals surface area contributed by atoms with Gasteiger partial charge < -0.3 is 0 Å². The van der Waals surface area contributed by atoms with E-state index >= 15 is 0 Å². The fourth-order valence-electron chi connectivity index (χ4n) is 3.87. The smallest absolute Gasteiger partial charge is 0.0635 e. The molecule has 0 radical (unpaired) electrons. The second kappa shape index (κ2) is 12.9. The first-order valence-corrected chi connectivity index (χ1v) is 21.6. The topological polar surface area (TPSA) is 0 Å². The van der Waals surface area contributed by atoms with Crippen LogP contribution in [0.3, 0.4) is 0 Å². The molecular weight excluding hydrogens is 575 g/mol. The molecule has 4 rings (SSSR count). The van der Waals surface area contributed by atoms with Crippen LogP contribution in [0.1, 0.15) is 41.2 Å². The first-order chi connectivity index (χ1) is 14.4. The van der Waals surface area contributed by atoms with E-state index in [4.69, 9.17) is 0 Å². The standard InChI is InChI=1S/C15H11.C12H19.2BrH.Zr/c1-2-6-12(7-3-1)15-10-13-8-4-5-9-14(13)11-15;1-6-7-12-10(4)8(2)9(3)11(12)5;;;/h1-11H;6-7H2,1-5H3;2*1H;/q2*-1;;;+4/p-2. The molecular formula is C27H30Br2Zr. The third-order valence-electron chi connectivity index (χ3n) is 5.82. The van der Waals surface area contributed by atoms with Gasteiger partial charge in [-0.25, -0.2) is 0 Å². The summed E-state index contributed by atoms with van der Waals surface area (Å²) in [5.41, 5.74) is 10.2. The third-order valence-corrected chi connectivity index (χ3v) is 5.82. The van der Waals surface area contributed by atoms with Crippen molar-refractivity contribution < 1.29 is 18.5 Å². The average molecular weight is 606 g/mol. The Kier molecular flexibility index (Phi) is 11.0. The number of hydrogen-bond acceptors (Lipinski definition) is 0. The molecule has 30 heavy (non-hydrogen) atoms. The number of halogens is 2. The summed E-state index contributed by atoms with van der Waals surface area (Å²) in [6.45, 7) is 11.2. The predicted molar refractivity (Wildman–Crippen MR) is 138 cm³/mol. The van der Waals surface area contributed by atoms with Crippen LogP contribution in [0.25, 0.3) is 21.9 Å². The van der Waals surface area contributed by atoms with Gasteiger partial charge in [0, 0.05) is 0 Å².